The van der Waals surface area contributed by atoms with E-state index in [9.17, 15) is 0 Å². The minimum absolute atomic E-state index is 1.02. The molecule has 1 fully saturated rings. The van der Waals surface area contributed by atoms with Gasteiger partial charge in [-0.1, -0.05) is 48.5 Å². The highest BCUT2D eigenvalue weighted by Gasteiger charge is 2.17. The number of aromatic nitrogens is 3. The van der Waals surface area contributed by atoms with Crippen molar-refractivity contribution < 1.29 is 0 Å². The van der Waals surface area contributed by atoms with Gasteiger partial charge >= 0.3 is 0 Å². The van der Waals surface area contributed by atoms with E-state index in [-0.39, 0.29) is 0 Å². The summed E-state index contributed by atoms with van der Waals surface area (Å²) < 4.78 is 0. The highest BCUT2D eigenvalue weighted by atomic mass is 15.3. The van der Waals surface area contributed by atoms with Crippen LogP contribution in [-0.4, -0.2) is 51.2 Å². The van der Waals surface area contributed by atoms with E-state index in [0.717, 1.165) is 44.8 Å². The maximum absolute atomic E-state index is 4.11. The molecule has 0 unspecified atom stereocenters. The quantitative estimate of drug-likeness (QED) is 0.511. The van der Waals surface area contributed by atoms with Crippen LogP contribution in [0.3, 0.4) is 0 Å². The summed E-state index contributed by atoms with van der Waals surface area (Å²) in [4.78, 5) is 9.19. The fourth-order valence-electron chi connectivity index (χ4n) is 4.18. The maximum atomic E-state index is 4.11. The van der Waals surface area contributed by atoms with Gasteiger partial charge in [-0.2, -0.15) is 5.10 Å². The van der Waals surface area contributed by atoms with Crippen LogP contribution in [-0.2, 0) is 13.1 Å². The second kappa shape index (κ2) is 9.25. The highest BCUT2D eigenvalue weighted by Crippen LogP contribution is 2.25. The van der Waals surface area contributed by atoms with Crippen molar-refractivity contribution in [3.8, 4) is 22.3 Å². The standard InChI is InChI=1S/C26H27N5/c1-3-23(24-5-7-25(8-6-24)26-17-28-29-18-26)4-2-21(1)19-30-13-15-31(16-14-30)20-22-9-11-27-12-10-22/h1-12,17-18H,13-16,19-20H2,(H,28,29). The minimum atomic E-state index is 1.02. The van der Waals surface area contributed by atoms with Gasteiger partial charge < -0.3 is 0 Å². The molecule has 1 aliphatic heterocycles. The number of nitrogens with one attached hydrogen (secondary N) is 1. The van der Waals surface area contributed by atoms with E-state index in [4.69, 9.17) is 0 Å². The average Bonchev–Trinajstić information content (AvgIpc) is 3.37. The summed E-state index contributed by atoms with van der Waals surface area (Å²) in [6.45, 7) is 6.49. The fourth-order valence-corrected chi connectivity index (χ4v) is 4.18. The molecular formula is C26H27N5. The van der Waals surface area contributed by atoms with Crippen molar-refractivity contribution in [2.24, 2.45) is 0 Å². The Hall–Kier alpha value is -3.28. The van der Waals surface area contributed by atoms with E-state index in [1.54, 1.807) is 0 Å². The molecule has 0 atom stereocenters. The van der Waals surface area contributed by atoms with Gasteiger partial charge in [0.25, 0.3) is 0 Å². The molecule has 2 aromatic carbocycles. The first-order valence-electron chi connectivity index (χ1n) is 10.9. The summed E-state index contributed by atoms with van der Waals surface area (Å²) in [7, 11) is 0. The number of piperazine rings is 1. The van der Waals surface area contributed by atoms with E-state index in [1.165, 1.54) is 27.8 Å². The maximum Gasteiger partial charge on any atom is 0.0565 e. The van der Waals surface area contributed by atoms with Gasteiger partial charge in [0.1, 0.15) is 0 Å². The molecule has 0 spiro atoms. The Balaban J connectivity index is 1.15. The average molecular weight is 410 g/mol. The van der Waals surface area contributed by atoms with Gasteiger partial charge in [0.15, 0.2) is 0 Å². The van der Waals surface area contributed by atoms with Crippen molar-refractivity contribution >= 4 is 0 Å². The minimum Gasteiger partial charge on any atom is -0.297 e. The number of hydrogen-bond acceptors (Lipinski definition) is 4. The zero-order chi connectivity index (χ0) is 20.9. The summed E-state index contributed by atoms with van der Waals surface area (Å²) in [5.41, 5.74) is 7.51. The van der Waals surface area contributed by atoms with Crippen LogP contribution in [0.4, 0.5) is 0 Å². The van der Waals surface area contributed by atoms with Crippen molar-refractivity contribution in [3.63, 3.8) is 0 Å². The molecule has 2 aromatic heterocycles. The van der Waals surface area contributed by atoms with E-state index in [0.29, 0.717) is 0 Å². The van der Waals surface area contributed by atoms with E-state index in [1.807, 2.05) is 24.8 Å². The Morgan fingerprint density at radius 2 is 1.10 bits per heavy atom. The molecule has 1 N–H and O–H groups in total. The lowest BCUT2D eigenvalue weighted by Gasteiger charge is -2.34. The van der Waals surface area contributed by atoms with E-state index >= 15 is 0 Å². The molecule has 5 heteroatoms. The third-order valence-corrected chi connectivity index (χ3v) is 6.03. The predicted molar refractivity (Wildman–Crippen MR) is 124 cm³/mol. The summed E-state index contributed by atoms with van der Waals surface area (Å²) in [6, 6.07) is 21.9. The number of H-pyrrole nitrogens is 1. The van der Waals surface area contributed by atoms with E-state index in [2.05, 4.69) is 85.6 Å². The van der Waals surface area contributed by atoms with Crippen LogP contribution in [0.1, 0.15) is 11.1 Å². The summed E-state index contributed by atoms with van der Waals surface area (Å²) in [6.07, 6.45) is 7.53. The monoisotopic (exact) mass is 409 g/mol. The lowest BCUT2D eigenvalue weighted by molar-refractivity contribution is 0.122. The Morgan fingerprint density at radius 3 is 1.61 bits per heavy atom. The van der Waals surface area contributed by atoms with Crippen LogP contribution in [0, 0.1) is 0 Å². The molecule has 0 saturated carbocycles. The smallest absolute Gasteiger partial charge is 0.0565 e. The fraction of sp³-hybridized carbons (Fsp3) is 0.231. The Kier molecular flexibility index (Phi) is 5.87. The van der Waals surface area contributed by atoms with Crippen LogP contribution in [0.2, 0.25) is 0 Å². The van der Waals surface area contributed by atoms with Gasteiger partial charge in [0.2, 0.25) is 0 Å². The zero-order valence-electron chi connectivity index (χ0n) is 17.6. The molecule has 0 aliphatic carbocycles. The number of rotatable bonds is 6. The van der Waals surface area contributed by atoms with Gasteiger partial charge in [-0.3, -0.25) is 19.9 Å². The molecule has 1 saturated heterocycles. The first kappa shape index (κ1) is 19.7. The van der Waals surface area contributed by atoms with Gasteiger partial charge in [-0.15, -0.1) is 0 Å². The Labute approximate surface area is 183 Å². The Morgan fingerprint density at radius 1 is 0.613 bits per heavy atom. The molecule has 31 heavy (non-hydrogen) atoms. The first-order valence-corrected chi connectivity index (χ1v) is 10.9. The predicted octanol–water partition coefficient (Wildman–Crippen LogP) is 4.46. The lowest BCUT2D eigenvalue weighted by Crippen LogP contribution is -2.45. The number of pyridine rings is 1. The normalized spacial score (nSPS) is 15.2. The van der Waals surface area contributed by atoms with Crippen LogP contribution >= 0.6 is 0 Å². The molecule has 0 amide bonds. The number of benzene rings is 2. The van der Waals surface area contributed by atoms with Crippen LogP contribution in [0.25, 0.3) is 22.3 Å². The van der Waals surface area contributed by atoms with E-state index < -0.39 is 0 Å². The molecule has 1 aliphatic rings. The van der Waals surface area contributed by atoms with Gasteiger partial charge in [-0.05, 0) is 39.9 Å². The molecule has 3 heterocycles. The van der Waals surface area contributed by atoms with Crippen LogP contribution in [0.15, 0.2) is 85.5 Å². The van der Waals surface area contributed by atoms with Gasteiger partial charge in [0.05, 0.1) is 6.20 Å². The summed E-state index contributed by atoms with van der Waals surface area (Å²) in [5.74, 6) is 0. The first-order chi connectivity index (χ1) is 15.3. The van der Waals surface area contributed by atoms with Crippen molar-refractivity contribution in [3.05, 3.63) is 96.6 Å². The molecule has 0 radical (unpaired) electrons. The summed E-state index contributed by atoms with van der Waals surface area (Å²) in [5, 5.41) is 6.89. The van der Waals surface area contributed by atoms with Gasteiger partial charge in [0, 0.05) is 63.4 Å². The number of aromatic amines is 1. The molecule has 5 nitrogen and oxygen atoms in total. The molecule has 0 bridgehead atoms. The topological polar surface area (TPSA) is 48.0 Å². The van der Waals surface area contributed by atoms with Crippen molar-refractivity contribution in [2.75, 3.05) is 26.2 Å². The third kappa shape index (κ3) is 4.90. The van der Waals surface area contributed by atoms with Crippen molar-refractivity contribution in [1.29, 1.82) is 0 Å². The lowest BCUT2D eigenvalue weighted by atomic mass is 10.0. The second-order valence-electron chi connectivity index (χ2n) is 8.17. The molecule has 5 rings (SSSR count). The molecule has 156 valence electrons. The SMILES string of the molecule is c1cc(CN2CCN(Cc3ccc(-c4ccc(-c5cn[nH]c5)cc4)cc3)CC2)ccn1. The van der Waals surface area contributed by atoms with Crippen molar-refractivity contribution in [2.45, 2.75) is 13.1 Å². The van der Waals surface area contributed by atoms with Crippen molar-refractivity contribution in [1.82, 2.24) is 25.0 Å². The largest absolute Gasteiger partial charge is 0.297 e. The summed E-state index contributed by atoms with van der Waals surface area (Å²) >= 11 is 0. The Bertz CT molecular complexity index is 1070. The van der Waals surface area contributed by atoms with Crippen LogP contribution < -0.4 is 0 Å². The number of hydrogen-bond donors (Lipinski definition) is 1. The molecular weight excluding hydrogens is 382 g/mol. The highest BCUT2D eigenvalue weighted by molar-refractivity contribution is 5.69. The molecule has 4 aromatic rings. The third-order valence-electron chi connectivity index (χ3n) is 6.03. The van der Waals surface area contributed by atoms with Crippen LogP contribution in [0.5, 0.6) is 0 Å². The zero-order valence-corrected chi connectivity index (χ0v) is 17.6. The number of nitrogens with zero attached hydrogens (tertiary/aromatic N) is 4. The second-order valence-corrected chi connectivity index (χ2v) is 8.17. The van der Waals surface area contributed by atoms with Gasteiger partial charge in [-0.25, -0.2) is 0 Å².